The summed E-state index contributed by atoms with van der Waals surface area (Å²) in [5.41, 5.74) is 4.12. The van der Waals surface area contributed by atoms with Gasteiger partial charge in [0.05, 0.1) is 12.0 Å². The number of hydrogen-bond acceptors (Lipinski definition) is 2. The van der Waals surface area contributed by atoms with E-state index in [2.05, 4.69) is 109 Å². The molecule has 1 aliphatic rings. The number of carbonyl (C=O) groups is 1. The Labute approximate surface area is 189 Å². The Bertz CT molecular complexity index is 1070. The van der Waals surface area contributed by atoms with E-state index >= 15 is 0 Å². The SMILES string of the molecule is CCC(C=O)[C@H]1C[C@@H]1c1cn(C(c2ccccc2)(c2ccccc2)c2ccccc2)cn1. The Hall–Kier alpha value is -3.46. The van der Waals surface area contributed by atoms with Crippen molar-refractivity contribution in [1.82, 2.24) is 9.55 Å². The van der Waals surface area contributed by atoms with E-state index in [0.717, 1.165) is 24.8 Å². The average molecular weight is 421 g/mol. The van der Waals surface area contributed by atoms with E-state index in [1.807, 2.05) is 6.33 Å². The minimum Gasteiger partial charge on any atom is -0.319 e. The molecule has 4 aromatic rings. The van der Waals surface area contributed by atoms with Gasteiger partial charge in [-0.05, 0) is 35.4 Å². The summed E-state index contributed by atoms with van der Waals surface area (Å²) < 4.78 is 2.26. The smallest absolute Gasteiger partial charge is 0.123 e. The second-order valence-corrected chi connectivity index (χ2v) is 8.73. The number of rotatable bonds is 8. The molecule has 1 aromatic heterocycles. The lowest BCUT2D eigenvalue weighted by Gasteiger charge is -2.37. The van der Waals surface area contributed by atoms with Crippen LogP contribution in [0.3, 0.4) is 0 Å². The van der Waals surface area contributed by atoms with Crippen molar-refractivity contribution < 1.29 is 4.79 Å². The molecule has 1 saturated carbocycles. The number of imidazole rings is 1. The van der Waals surface area contributed by atoms with Crippen LogP contribution in [0.4, 0.5) is 0 Å². The predicted octanol–water partition coefficient (Wildman–Crippen LogP) is 6.05. The number of carbonyl (C=O) groups excluding carboxylic acids is 1. The highest BCUT2D eigenvalue weighted by Crippen LogP contribution is 2.52. The zero-order valence-corrected chi connectivity index (χ0v) is 18.3. The van der Waals surface area contributed by atoms with Crippen molar-refractivity contribution in [3.05, 3.63) is 126 Å². The summed E-state index contributed by atoms with van der Waals surface area (Å²) in [5, 5.41) is 0. The summed E-state index contributed by atoms with van der Waals surface area (Å²) in [4.78, 5) is 16.4. The minimum absolute atomic E-state index is 0.132. The van der Waals surface area contributed by atoms with Crippen molar-refractivity contribution in [1.29, 1.82) is 0 Å². The van der Waals surface area contributed by atoms with E-state index in [0.29, 0.717) is 11.8 Å². The molecule has 1 aliphatic carbocycles. The van der Waals surface area contributed by atoms with Crippen LogP contribution >= 0.6 is 0 Å². The van der Waals surface area contributed by atoms with Crippen LogP contribution in [-0.2, 0) is 10.3 Å². The Morgan fingerprint density at radius 1 is 0.906 bits per heavy atom. The van der Waals surface area contributed by atoms with Gasteiger partial charge in [-0.1, -0.05) is 97.9 Å². The fraction of sp³-hybridized carbons (Fsp3) is 0.241. The van der Waals surface area contributed by atoms with E-state index < -0.39 is 5.54 Å². The van der Waals surface area contributed by atoms with Crippen molar-refractivity contribution in [2.45, 2.75) is 31.2 Å². The van der Waals surface area contributed by atoms with Gasteiger partial charge in [0.1, 0.15) is 11.8 Å². The molecule has 1 unspecified atom stereocenters. The first kappa shape index (κ1) is 20.4. The topological polar surface area (TPSA) is 34.9 Å². The van der Waals surface area contributed by atoms with Gasteiger partial charge in [0.15, 0.2) is 0 Å². The second-order valence-electron chi connectivity index (χ2n) is 8.73. The number of aromatic nitrogens is 2. The number of hydrogen-bond donors (Lipinski definition) is 0. The molecule has 0 saturated heterocycles. The number of benzene rings is 3. The zero-order valence-electron chi connectivity index (χ0n) is 18.3. The van der Waals surface area contributed by atoms with Gasteiger partial charge in [-0.15, -0.1) is 0 Å². The highest BCUT2D eigenvalue weighted by Gasteiger charge is 2.45. The number of aldehydes is 1. The maximum Gasteiger partial charge on any atom is 0.123 e. The molecule has 1 heterocycles. The molecule has 3 nitrogen and oxygen atoms in total. The molecule has 3 atom stereocenters. The highest BCUT2D eigenvalue weighted by atomic mass is 16.1. The standard InChI is InChI=1S/C29H28N2O/c1-2-22(20-32)26-18-27(26)28-19-31(21-30-28)29(23-12-6-3-7-13-23,24-14-8-4-9-15-24)25-16-10-5-11-17-25/h3-17,19-22,26-27H,2,18H2,1H3/t22?,26-,27+/m1/s1. The first-order valence-electron chi connectivity index (χ1n) is 11.4. The molecule has 160 valence electrons. The van der Waals surface area contributed by atoms with Crippen LogP contribution in [0.2, 0.25) is 0 Å². The molecule has 0 amide bonds. The molecular weight excluding hydrogens is 392 g/mol. The molecule has 32 heavy (non-hydrogen) atoms. The van der Waals surface area contributed by atoms with Gasteiger partial charge >= 0.3 is 0 Å². The van der Waals surface area contributed by atoms with Crippen LogP contribution in [0.5, 0.6) is 0 Å². The summed E-state index contributed by atoms with van der Waals surface area (Å²) in [5.74, 6) is 0.916. The summed E-state index contributed by atoms with van der Waals surface area (Å²) in [7, 11) is 0. The average Bonchev–Trinajstić information content (AvgIpc) is 3.49. The Morgan fingerprint density at radius 2 is 1.41 bits per heavy atom. The molecule has 3 heteroatoms. The number of nitrogens with zero attached hydrogens (tertiary/aromatic N) is 2. The largest absolute Gasteiger partial charge is 0.319 e. The van der Waals surface area contributed by atoms with Gasteiger partial charge in [-0.25, -0.2) is 4.98 Å². The van der Waals surface area contributed by atoms with Crippen LogP contribution in [0.1, 0.15) is 48.1 Å². The van der Waals surface area contributed by atoms with Gasteiger partial charge in [0.2, 0.25) is 0 Å². The molecular formula is C29H28N2O. The van der Waals surface area contributed by atoms with Crippen molar-refractivity contribution in [3.63, 3.8) is 0 Å². The molecule has 3 aromatic carbocycles. The van der Waals surface area contributed by atoms with E-state index in [9.17, 15) is 4.79 Å². The maximum absolute atomic E-state index is 11.5. The Balaban J connectivity index is 1.68. The molecule has 1 fully saturated rings. The fourth-order valence-electron chi connectivity index (χ4n) is 5.23. The van der Waals surface area contributed by atoms with Crippen molar-refractivity contribution >= 4 is 6.29 Å². The third-order valence-corrected chi connectivity index (χ3v) is 6.98. The third kappa shape index (κ3) is 3.38. The first-order chi connectivity index (χ1) is 15.8. The lowest BCUT2D eigenvalue weighted by Crippen LogP contribution is -2.36. The molecule has 0 bridgehead atoms. The van der Waals surface area contributed by atoms with Gasteiger partial charge in [-0.3, -0.25) is 0 Å². The Morgan fingerprint density at radius 3 is 1.84 bits per heavy atom. The van der Waals surface area contributed by atoms with Crippen molar-refractivity contribution in [3.8, 4) is 0 Å². The van der Waals surface area contributed by atoms with Crippen LogP contribution in [0.15, 0.2) is 104 Å². The van der Waals surface area contributed by atoms with Gasteiger partial charge in [0.25, 0.3) is 0 Å². The van der Waals surface area contributed by atoms with Crippen LogP contribution in [-0.4, -0.2) is 15.8 Å². The highest BCUT2D eigenvalue weighted by molar-refractivity contribution is 5.56. The molecule has 0 N–H and O–H groups in total. The monoisotopic (exact) mass is 420 g/mol. The molecule has 0 radical (unpaired) electrons. The Kier molecular flexibility index (Phi) is 5.48. The maximum atomic E-state index is 11.5. The summed E-state index contributed by atoms with van der Waals surface area (Å²) in [6.45, 7) is 2.10. The quantitative estimate of drug-likeness (QED) is 0.257. The van der Waals surface area contributed by atoms with Gasteiger partial charge in [-0.2, -0.15) is 0 Å². The normalized spacial score (nSPS) is 18.8. The van der Waals surface area contributed by atoms with Crippen LogP contribution < -0.4 is 0 Å². The van der Waals surface area contributed by atoms with Gasteiger partial charge < -0.3 is 9.36 Å². The first-order valence-corrected chi connectivity index (χ1v) is 11.4. The van der Waals surface area contributed by atoms with E-state index in [1.54, 1.807) is 0 Å². The second kappa shape index (κ2) is 8.58. The summed E-state index contributed by atoms with van der Waals surface area (Å²) in [6.07, 6.45) is 7.25. The van der Waals surface area contributed by atoms with E-state index in [-0.39, 0.29) is 5.92 Å². The summed E-state index contributed by atoms with van der Waals surface area (Å²) >= 11 is 0. The van der Waals surface area contributed by atoms with Gasteiger partial charge in [0, 0.05) is 18.0 Å². The lowest BCUT2D eigenvalue weighted by atomic mass is 9.77. The van der Waals surface area contributed by atoms with Crippen LogP contribution in [0, 0.1) is 11.8 Å². The van der Waals surface area contributed by atoms with Crippen molar-refractivity contribution in [2.75, 3.05) is 0 Å². The fourth-order valence-corrected chi connectivity index (χ4v) is 5.23. The lowest BCUT2D eigenvalue weighted by molar-refractivity contribution is -0.111. The minimum atomic E-state index is -0.533. The van der Waals surface area contributed by atoms with Crippen LogP contribution in [0.25, 0.3) is 0 Å². The predicted molar refractivity (Wildman–Crippen MR) is 128 cm³/mol. The van der Waals surface area contributed by atoms with Crippen molar-refractivity contribution in [2.24, 2.45) is 11.8 Å². The molecule has 0 aliphatic heterocycles. The summed E-state index contributed by atoms with van der Waals surface area (Å²) in [6, 6.07) is 31.9. The third-order valence-electron chi connectivity index (χ3n) is 6.98. The molecule has 0 spiro atoms. The van der Waals surface area contributed by atoms with E-state index in [1.165, 1.54) is 16.7 Å². The zero-order chi connectivity index (χ0) is 22.0. The van der Waals surface area contributed by atoms with E-state index in [4.69, 9.17) is 4.98 Å². The molecule has 5 rings (SSSR count).